The first-order valence-corrected chi connectivity index (χ1v) is 13.2. The molecule has 1 aromatic carbocycles. The molecule has 196 valence electrons. The normalized spacial score (nSPS) is 21.7. The van der Waals surface area contributed by atoms with E-state index in [1.54, 1.807) is 6.33 Å². The van der Waals surface area contributed by atoms with E-state index in [4.69, 9.17) is 14.5 Å². The number of nitrogens with one attached hydrogen (secondary N) is 1. The molecule has 3 aliphatic heterocycles. The molecule has 0 spiro atoms. The third-order valence-corrected chi connectivity index (χ3v) is 7.85. The Bertz CT molecular complexity index is 1250. The second-order valence-corrected chi connectivity index (χ2v) is 10.2. The van der Waals surface area contributed by atoms with E-state index >= 15 is 0 Å². The first-order valence-electron chi connectivity index (χ1n) is 13.2. The van der Waals surface area contributed by atoms with Crippen LogP contribution in [0.2, 0.25) is 0 Å². The van der Waals surface area contributed by atoms with Gasteiger partial charge < -0.3 is 29.4 Å². The van der Waals surface area contributed by atoms with Gasteiger partial charge >= 0.3 is 0 Å². The monoisotopic (exact) mass is 506 g/mol. The molecule has 3 aromatic rings. The second kappa shape index (κ2) is 10.3. The number of fused-ring (bicyclic) bond motifs is 1. The number of carbonyl (C=O) groups is 1. The summed E-state index contributed by atoms with van der Waals surface area (Å²) in [7, 11) is 0. The van der Waals surface area contributed by atoms with E-state index in [2.05, 4.69) is 44.4 Å². The van der Waals surface area contributed by atoms with Crippen LogP contribution in [0.3, 0.4) is 0 Å². The van der Waals surface area contributed by atoms with Gasteiger partial charge in [0, 0.05) is 62.9 Å². The van der Waals surface area contributed by atoms with E-state index in [1.165, 1.54) is 5.69 Å². The predicted octanol–water partition coefficient (Wildman–Crippen LogP) is 1.51. The van der Waals surface area contributed by atoms with Crippen LogP contribution in [0.25, 0.3) is 22.3 Å². The number of pyridine rings is 1. The van der Waals surface area contributed by atoms with Crippen molar-refractivity contribution < 1.29 is 19.4 Å². The Morgan fingerprint density at radius 1 is 1.19 bits per heavy atom. The van der Waals surface area contributed by atoms with Crippen LogP contribution in [0.1, 0.15) is 13.3 Å². The largest absolute Gasteiger partial charge is 0.473 e. The molecule has 3 fully saturated rings. The minimum Gasteiger partial charge on any atom is -0.473 e. The summed E-state index contributed by atoms with van der Waals surface area (Å²) < 4.78 is 13.6. The number of amides is 1. The quantitative estimate of drug-likeness (QED) is 0.474. The lowest BCUT2D eigenvalue weighted by molar-refractivity contribution is -0.119. The van der Waals surface area contributed by atoms with Gasteiger partial charge in [-0.3, -0.25) is 9.69 Å². The van der Waals surface area contributed by atoms with Gasteiger partial charge in [0.1, 0.15) is 11.6 Å². The molecule has 2 atom stereocenters. The summed E-state index contributed by atoms with van der Waals surface area (Å²) in [6, 6.07) is 11.1. The highest BCUT2D eigenvalue weighted by Gasteiger charge is 2.30. The van der Waals surface area contributed by atoms with E-state index in [1.807, 2.05) is 17.6 Å². The minimum absolute atomic E-state index is 0.00654. The first kappa shape index (κ1) is 24.1. The lowest BCUT2D eigenvalue weighted by Gasteiger charge is -2.43. The number of hydrogen-bond acceptors (Lipinski definition) is 8. The molecule has 2 aromatic heterocycles. The van der Waals surface area contributed by atoms with Gasteiger partial charge in [-0.2, -0.15) is 0 Å². The van der Waals surface area contributed by atoms with Crippen molar-refractivity contribution in [3.63, 3.8) is 0 Å². The number of ether oxygens (including phenoxy) is 2. The molecule has 2 N–H and O–H groups in total. The lowest BCUT2D eigenvalue weighted by atomic mass is 10.0. The van der Waals surface area contributed by atoms with Crippen molar-refractivity contribution >= 4 is 22.6 Å². The third-order valence-electron chi connectivity index (χ3n) is 7.85. The van der Waals surface area contributed by atoms with Crippen LogP contribution >= 0.6 is 0 Å². The van der Waals surface area contributed by atoms with Gasteiger partial charge in [0.2, 0.25) is 11.8 Å². The number of aromatic nitrogens is 3. The number of aliphatic hydroxyl groups is 1. The van der Waals surface area contributed by atoms with Gasteiger partial charge in [-0.05, 0) is 25.1 Å². The smallest absolute Gasteiger partial charge is 0.241 e. The first-order chi connectivity index (χ1) is 18.1. The fourth-order valence-electron chi connectivity index (χ4n) is 5.42. The van der Waals surface area contributed by atoms with Crippen molar-refractivity contribution in [1.82, 2.24) is 24.8 Å². The number of hydrogen-bond donors (Lipinski definition) is 2. The summed E-state index contributed by atoms with van der Waals surface area (Å²) in [4.78, 5) is 26.2. The maximum Gasteiger partial charge on any atom is 0.241 e. The average molecular weight is 507 g/mol. The Balaban J connectivity index is 1.23. The maximum absolute atomic E-state index is 11.7. The van der Waals surface area contributed by atoms with Crippen LogP contribution in [0.15, 0.2) is 36.7 Å². The molecule has 1 amide bonds. The molecule has 3 saturated heterocycles. The fraction of sp³-hybridized carbons (Fsp3) is 0.519. The molecule has 37 heavy (non-hydrogen) atoms. The van der Waals surface area contributed by atoms with Crippen LogP contribution in [-0.2, 0) is 16.1 Å². The fourth-order valence-corrected chi connectivity index (χ4v) is 5.42. The number of nitrogens with zero attached hydrogens (tertiary/aromatic N) is 5. The highest BCUT2D eigenvalue weighted by Crippen LogP contribution is 2.32. The SMILES string of the molecule is CC(Oc1nc(-c2ccc(N3CCN(C4COC4)CC3)cc2)cc2ncn(CCO)c12)C1CNC(=O)C1. The van der Waals surface area contributed by atoms with E-state index in [9.17, 15) is 9.90 Å². The molecule has 0 aliphatic carbocycles. The minimum atomic E-state index is -0.199. The van der Waals surface area contributed by atoms with Crippen LogP contribution in [0, 0.1) is 5.92 Å². The summed E-state index contributed by atoms with van der Waals surface area (Å²) >= 11 is 0. The Hall–Kier alpha value is -3.21. The van der Waals surface area contributed by atoms with E-state index < -0.39 is 0 Å². The number of aliphatic hydroxyl groups excluding tert-OH is 1. The van der Waals surface area contributed by atoms with Gasteiger partial charge in [0.25, 0.3) is 0 Å². The highest BCUT2D eigenvalue weighted by molar-refractivity contribution is 5.85. The van der Waals surface area contributed by atoms with Gasteiger partial charge in [-0.15, -0.1) is 0 Å². The van der Waals surface area contributed by atoms with Gasteiger partial charge in [0.15, 0.2) is 0 Å². The molecule has 3 aliphatic rings. The van der Waals surface area contributed by atoms with Crippen molar-refractivity contribution in [2.75, 3.05) is 57.4 Å². The summed E-state index contributed by atoms with van der Waals surface area (Å²) in [5.74, 6) is 0.612. The van der Waals surface area contributed by atoms with Crippen LogP contribution in [-0.4, -0.2) is 95.1 Å². The molecule has 10 nitrogen and oxygen atoms in total. The van der Waals surface area contributed by atoms with Crippen molar-refractivity contribution in [2.24, 2.45) is 5.92 Å². The Morgan fingerprint density at radius 3 is 2.62 bits per heavy atom. The molecule has 2 unspecified atom stereocenters. The Labute approximate surface area is 216 Å². The number of rotatable bonds is 8. The lowest BCUT2D eigenvalue weighted by Crippen LogP contribution is -2.56. The van der Waals surface area contributed by atoms with E-state index in [0.717, 1.165) is 61.7 Å². The van der Waals surface area contributed by atoms with Gasteiger partial charge in [-0.1, -0.05) is 12.1 Å². The zero-order valence-electron chi connectivity index (χ0n) is 21.2. The van der Waals surface area contributed by atoms with Crippen molar-refractivity contribution in [3.05, 3.63) is 36.7 Å². The number of carbonyl (C=O) groups excluding carboxylic acids is 1. The zero-order chi connectivity index (χ0) is 25.4. The van der Waals surface area contributed by atoms with Crippen molar-refractivity contribution in [3.8, 4) is 17.1 Å². The molecule has 0 bridgehead atoms. The van der Waals surface area contributed by atoms with Crippen LogP contribution in [0.5, 0.6) is 5.88 Å². The highest BCUT2D eigenvalue weighted by atomic mass is 16.5. The van der Waals surface area contributed by atoms with E-state index in [0.29, 0.717) is 31.4 Å². The molecule has 5 heterocycles. The maximum atomic E-state index is 11.7. The number of imidazole rings is 1. The van der Waals surface area contributed by atoms with Crippen LogP contribution in [0.4, 0.5) is 5.69 Å². The summed E-state index contributed by atoms with van der Waals surface area (Å²) in [5.41, 5.74) is 4.51. The van der Waals surface area contributed by atoms with Gasteiger partial charge in [-0.25, -0.2) is 9.97 Å². The molecular weight excluding hydrogens is 472 g/mol. The summed E-state index contributed by atoms with van der Waals surface area (Å²) in [6.07, 6.45) is 1.96. The average Bonchev–Trinajstić information content (AvgIpc) is 3.50. The zero-order valence-corrected chi connectivity index (χ0v) is 21.2. The Morgan fingerprint density at radius 2 is 1.97 bits per heavy atom. The topological polar surface area (TPSA) is 105 Å². The molecular formula is C27H34N6O4. The van der Waals surface area contributed by atoms with E-state index in [-0.39, 0.29) is 24.5 Å². The summed E-state index contributed by atoms with van der Waals surface area (Å²) in [6.45, 7) is 8.85. The Kier molecular flexibility index (Phi) is 6.71. The van der Waals surface area contributed by atoms with Crippen molar-refractivity contribution in [1.29, 1.82) is 0 Å². The number of anilines is 1. The van der Waals surface area contributed by atoms with Crippen LogP contribution < -0.4 is 15.0 Å². The van der Waals surface area contributed by atoms with Gasteiger partial charge in [0.05, 0.1) is 43.4 Å². The third kappa shape index (κ3) is 4.88. The molecule has 6 rings (SSSR count). The second-order valence-electron chi connectivity index (χ2n) is 10.2. The summed E-state index contributed by atoms with van der Waals surface area (Å²) in [5, 5.41) is 12.4. The number of benzene rings is 1. The molecule has 0 saturated carbocycles. The predicted molar refractivity (Wildman–Crippen MR) is 140 cm³/mol. The molecule has 0 radical (unpaired) electrons. The van der Waals surface area contributed by atoms with Crippen molar-refractivity contribution in [2.45, 2.75) is 32.0 Å². The number of piperazine rings is 1. The standard InChI is InChI=1S/C27H34N6O4/c1-18(20-12-25(35)28-14-20)37-27-26-24(29-17-33(26)10-11-34)13-23(30-27)19-2-4-21(5-3-19)31-6-8-32(9-7-31)22-15-36-16-22/h2-5,13,17-18,20,22,34H,6-12,14-16H2,1H3,(H,28,35). The molecule has 10 heteroatoms.